The third kappa shape index (κ3) is 5.61. The van der Waals surface area contributed by atoms with Crippen molar-refractivity contribution >= 4 is 23.2 Å². The minimum atomic E-state index is -0.303. The van der Waals surface area contributed by atoms with Crippen LogP contribution in [0, 0.1) is 0 Å². The van der Waals surface area contributed by atoms with E-state index in [9.17, 15) is 9.59 Å². The monoisotopic (exact) mass is 387 g/mol. The molecule has 0 bridgehead atoms. The van der Waals surface area contributed by atoms with Crippen LogP contribution in [0.5, 0.6) is 0 Å². The van der Waals surface area contributed by atoms with Gasteiger partial charge in [-0.25, -0.2) is 4.98 Å². The van der Waals surface area contributed by atoms with E-state index < -0.39 is 0 Å². The van der Waals surface area contributed by atoms with Crippen molar-refractivity contribution in [2.45, 2.75) is 26.3 Å². The first-order chi connectivity index (χ1) is 13.2. The van der Waals surface area contributed by atoms with Crippen LogP contribution in [0.4, 0.5) is 0 Å². The second-order valence-corrected chi connectivity index (χ2v) is 7.40. The van der Waals surface area contributed by atoms with Gasteiger partial charge < -0.3 is 9.64 Å². The van der Waals surface area contributed by atoms with E-state index in [1.54, 1.807) is 18.3 Å². The number of carbonyl (C=O) groups is 2. The summed E-state index contributed by atoms with van der Waals surface area (Å²) in [4.78, 5) is 32.5. The number of ether oxygens (including phenoxy) is 1. The van der Waals surface area contributed by atoms with Crippen LogP contribution in [0.3, 0.4) is 0 Å². The van der Waals surface area contributed by atoms with Gasteiger partial charge in [-0.1, -0.05) is 30.3 Å². The Morgan fingerprint density at radius 2 is 1.85 bits per heavy atom. The highest BCUT2D eigenvalue weighted by molar-refractivity contribution is 7.09. The Bertz CT molecular complexity index is 755. The molecular formula is C20H25N3O3S. The number of rotatable bonds is 7. The maximum atomic E-state index is 12.2. The molecule has 2 heterocycles. The summed E-state index contributed by atoms with van der Waals surface area (Å²) in [5.74, 6) is -0.272. The predicted octanol–water partition coefficient (Wildman–Crippen LogP) is 2.80. The zero-order valence-corrected chi connectivity index (χ0v) is 16.4. The first-order valence-electron chi connectivity index (χ1n) is 9.31. The summed E-state index contributed by atoms with van der Waals surface area (Å²) in [5, 5.41) is 3.19. The summed E-state index contributed by atoms with van der Waals surface area (Å²) in [6.45, 7) is 5.97. The van der Waals surface area contributed by atoms with Crippen LogP contribution in [0.2, 0.25) is 0 Å². The molecule has 7 heteroatoms. The van der Waals surface area contributed by atoms with E-state index in [2.05, 4.69) is 22.4 Å². The van der Waals surface area contributed by atoms with Crippen LogP contribution in [0.15, 0.2) is 35.7 Å². The zero-order valence-electron chi connectivity index (χ0n) is 15.6. The predicted molar refractivity (Wildman–Crippen MR) is 105 cm³/mol. The van der Waals surface area contributed by atoms with Crippen molar-refractivity contribution in [2.75, 3.05) is 32.8 Å². The largest absolute Gasteiger partial charge is 0.466 e. The van der Waals surface area contributed by atoms with Gasteiger partial charge in [-0.15, -0.1) is 11.3 Å². The van der Waals surface area contributed by atoms with Crippen molar-refractivity contribution in [1.29, 1.82) is 0 Å². The van der Waals surface area contributed by atoms with Gasteiger partial charge in [-0.2, -0.15) is 0 Å². The fourth-order valence-electron chi connectivity index (χ4n) is 3.07. The smallest absolute Gasteiger partial charge is 0.306 e. The Labute approximate surface area is 163 Å². The lowest BCUT2D eigenvalue weighted by atomic mass is 10.2. The average Bonchev–Trinajstić information content (AvgIpc) is 3.16. The molecule has 144 valence electrons. The highest BCUT2D eigenvalue weighted by Gasteiger charge is 2.22. The minimum Gasteiger partial charge on any atom is -0.466 e. The Balaban J connectivity index is 1.44. The zero-order chi connectivity index (χ0) is 19.1. The number of aromatic nitrogens is 1. The third-order valence-corrected chi connectivity index (χ3v) is 5.39. The van der Waals surface area contributed by atoms with Crippen LogP contribution >= 0.6 is 11.3 Å². The highest BCUT2D eigenvalue weighted by Crippen LogP contribution is 2.22. The summed E-state index contributed by atoms with van der Waals surface area (Å²) in [6.07, 6.45) is 0.389. The maximum absolute atomic E-state index is 12.2. The van der Waals surface area contributed by atoms with Crippen LogP contribution in [-0.2, 0) is 20.9 Å². The number of hydrogen-bond donors (Lipinski definition) is 0. The summed E-state index contributed by atoms with van der Waals surface area (Å²) in [5.41, 5.74) is 2.15. The summed E-state index contributed by atoms with van der Waals surface area (Å²) in [6, 6.07) is 10.2. The maximum Gasteiger partial charge on any atom is 0.306 e. The quantitative estimate of drug-likeness (QED) is 0.684. The van der Waals surface area contributed by atoms with Gasteiger partial charge in [0.1, 0.15) is 5.01 Å². The molecule has 2 aromatic rings. The van der Waals surface area contributed by atoms with Gasteiger partial charge in [0.2, 0.25) is 5.91 Å². The topological polar surface area (TPSA) is 62.7 Å². The number of benzene rings is 1. The minimum absolute atomic E-state index is 0.0308. The molecular weight excluding hydrogens is 362 g/mol. The lowest BCUT2D eigenvalue weighted by molar-refractivity contribution is -0.146. The van der Waals surface area contributed by atoms with Crippen molar-refractivity contribution in [3.8, 4) is 11.3 Å². The van der Waals surface area contributed by atoms with Gasteiger partial charge in [0.15, 0.2) is 0 Å². The van der Waals surface area contributed by atoms with Crippen molar-refractivity contribution < 1.29 is 14.3 Å². The summed E-state index contributed by atoms with van der Waals surface area (Å²) >= 11 is 1.68. The van der Waals surface area contributed by atoms with E-state index in [1.807, 2.05) is 23.1 Å². The molecule has 1 aromatic carbocycles. The van der Waals surface area contributed by atoms with E-state index in [-0.39, 0.29) is 24.7 Å². The normalized spacial score (nSPS) is 14.9. The number of hydrogen-bond acceptors (Lipinski definition) is 6. The average molecular weight is 388 g/mol. The summed E-state index contributed by atoms with van der Waals surface area (Å²) in [7, 11) is 0. The highest BCUT2D eigenvalue weighted by atomic mass is 32.1. The van der Waals surface area contributed by atoms with Crippen molar-refractivity contribution in [3.63, 3.8) is 0 Å². The number of thiazole rings is 1. The molecule has 0 unspecified atom stereocenters. The molecule has 1 amide bonds. The molecule has 1 aliphatic rings. The van der Waals surface area contributed by atoms with Gasteiger partial charge in [0.05, 0.1) is 25.3 Å². The molecule has 0 N–H and O–H groups in total. The van der Waals surface area contributed by atoms with Gasteiger partial charge in [-0.05, 0) is 6.92 Å². The molecule has 1 saturated heterocycles. The molecule has 27 heavy (non-hydrogen) atoms. The molecule has 0 radical (unpaired) electrons. The van der Waals surface area contributed by atoms with E-state index in [1.165, 1.54) is 0 Å². The number of nitrogens with zero attached hydrogens (tertiary/aromatic N) is 3. The Morgan fingerprint density at radius 1 is 1.11 bits per heavy atom. The molecule has 0 saturated carbocycles. The Kier molecular flexibility index (Phi) is 6.95. The molecule has 0 spiro atoms. The molecule has 0 atom stereocenters. The van der Waals surface area contributed by atoms with Crippen LogP contribution in [-0.4, -0.2) is 59.4 Å². The fourth-order valence-corrected chi connectivity index (χ4v) is 3.92. The molecule has 1 fully saturated rings. The first kappa shape index (κ1) is 19.5. The third-order valence-electron chi connectivity index (χ3n) is 4.55. The first-order valence-corrected chi connectivity index (χ1v) is 10.2. The van der Waals surface area contributed by atoms with Crippen molar-refractivity contribution in [3.05, 3.63) is 40.7 Å². The van der Waals surface area contributed by atoms with Gasteiger partial charge in [0.25, 0.3) is 0 Å². The molecule has 6 nitrogen and oxygen atoms in total. The Hall–Kier alpha value is -2.25. The molecule has 1 aliphatic heterocycles. The van der Waals surface area contributed by atoms with E-state index in [0.717, 1.165) is 35.9 Å². The lowest BCUT2D eigenvalue weighted by Crippen LogP contribution is -2.48. The van der Waals surface area contributed by atoms with Crippen molar-refractivity contribution in [1.82, 2.24) is 14.8 Å². The summed E-state index contributed by atoms with van der Waals surface area (Å²) < 4.78 is 4.87. The number of esters is 1. The van der Waals surface area contributed by atoms with E-state index in [4.69, 9.17) is 9.72 Å². The van der Waals surface area contributed by atoms with Gasteiger partial charge in [0, 0.05) is 43.5 Å². The van der Waals surface area contributed by atoms with Crippen molar-refractivity contribution in [2.24, 2.45) is 0 Å². The standard InChI is InChI=1S/C20H25N3O3S/c1-2-26-20(25)9-8-19(24)23-12-10-22(11-13-23)14-18-21-17(15-27-18)16-6-4-3-5-7-16/h3-7,15H,2,8-14H2,1H3. The van der Waals surface area contributed by atoms with Crippen LogP contribution in [0.1, 0.15) is 24.8 Å². The lowest BCUT2D eigenvalue weighted by Gasteiger charge is -2.34. The molecule has 1 aromatic heterocycles. The van der Waals surface area contributed by atoms with Gasteiger partial charge >= 0.3 is 5.97 Å². The van der Waals surface area contributed by atoms with E-state index >= 15 is 0 Å². The van der Waals surface area contributed by atoms with E-state index in [0.29, 0.717) is 19.7 Å². The van der Waals surface area contributed by atoms with Crippen LogP contribution < -0.4 is 0 Å². The SMILES string of the molecule is CCOC(=O)CCC(=O)N1CCN(Cc2nc(-c3ccccc3)cs2)CC1. The van der Waals surface area contributed by atoms with Crippen LogP contribution in [0.25, 0.3) is 11.3 Å². The number of carbonyl (C=O) groups excluding carboxylic acids is 2. The second kappa shape index (κ2) is 9.62. The number of piperazine rings is 1. The second-order valence-electron chi connectivity index (χ2n) is 6.45. The molecule has 0 aliphatic carbocycles. The molecule has 3 rings (SSSR count). The number of amides is 1. The Morgan fingerprint density at radius 3 is 2.56 bits per heavy atom. The fraction of sp³-hybridized carbons (Fsp3) is 0.450. The van der Waals surface area contributed by atoms with Gasteiger partial charge in [-0.3, -0.25) is 14.5 Å².